The van der Waals surface area contributed by atoms with E-state index in [-0.39, 0.29) is 16.9 Å². The topological polar surface area (TPSA) is 70.7 Å². The van der Waals surface area contributed by atoms with Gasteiger partial charge in [-0.3, -0.25) is 9.78 Å². The van der Waals surface area contributed by atoms with Gasteiger partial charge >= 0.3 is 0 Å². The Bertz CT molecular complexity index is 692. The molecule has 0 aliphatic heterocycles. The number of hydrogen-bond donors (Lipinski definition) is 2. The monoisotopic (exact) mass is 312 g/mol. The van der Waals surface area contributed by atoms with Crippen LogP contribution in [0.25, 0.3) is 0 Å². The minimum Gasteiger partial charge on any atom is -0.323 e. The molecular weight excluding hydrogens is 299 g/mol. The maximum Gasteiger partial charge on any atom is 0.274 e. The Kier molecular flexibility index (Phi) is 4.01. The summed E-state index contributed by atoms with van der Waals surface area (Å²) in [6, 6.07) is 5.14. The van der Waals surface area contributed by atoms with Crippen LogP contribution in [0, 0.1) is 0 Å². The van der Waals surface area contributed by atoms with Gasteiger partial charge in [-0.1, -0.05) is 50.0 Å². The number of aromatic nitrogens is 3. The first-order valence-corrected chi connectivity index (χ1v) is 6.73. The van der Waals surface area contributed by atoms with Gasteiger partial charge in [-0.25, -0.2) is 0 Å². The Balaban J connectivity index is 2.34. The van der Waals surface area contributed by atoms with Gasteiger partial charge < -0.3 is 5.32 Å². The number of H-pyrrole nitrogens is 1. The van der Waals surface area contributed by atoms with E-state index in [4.69, 9.17) is 23.2 Å². The highest BCUT2D eigenvalue weighted by molar-refractivity contribution is 6.43. The molecule has 0 saturated heterocycles. The lowest BCUT2D eigenvalue weighted by atomic mass is 9.93. The quantitative estimate of drug-likeness (QED) is 0.890. The van der Waals surface area contributed by atoms with Crippen LogP contribution in [0.5, 0.6) is 0 Å². The molecule has 0 radical (unpaired) electrons. The van der Waals surface area contributed by atoms with Crippen molar-refractivity contribution in [3.63, 3.8) is 0 Å². The lowest BCUT2D eigenvalue weighted by Gasteiger charge is -2.15. The average molecular weight is 313 g/mol. The Hall–Kier alpha value is -1.59. The maximum atomic E-state index is 12.0. The van der Waals surface area contributed by atoms with Crippen molar-refractivity contribution < 1.29 is 0 Å². The number of hydrogen-bond acceptors (Lipinski definition) is 4. The molecule has 0 atom stereocenters. The van der Waals surface area contributed by atoms with Crippen molar-refractivity contribution in [2.75, 3.05) is 5.32 Å². The molecule has 2 rings (SSSR count). The van der Waals surface area contributed by atoms with E-state index in [1.165, 1.54) is 0 Å². The van der Waals surface area contributed by atoms with Crippen molar-refractivity contribution in [3.05, 3.63) is 44.3 Å². The van der Waals surface area contributed by atoms with Crippen LogP contribution in [0.15, 0.2) is 23.0 Å². The molecule has 1 aromatic heterocycles. The van der Waals surface area contributed by atoms with E-state index in [1.54, 1.807) is 18.2 Å². The van der Waals surface area contributed by atoms with E-state index >= 15 is 0 Å². The number of benzene rings is 1. The summed E-state index contributed by atoms with van der Waals surface area (Å²) in [7, 11) is 0. The highest BCUT2D eigenvalue weighted by atomic mass is 35.5. The normalized spacial score (nSPS) is 11.4. The van der Waals surface area contributed by atoms with Crippen molar-refractivity contribution in [1.82, 2.24) is 15.2 Å². The Labute approximate surface area is 126 Å². The van der Waals surface area contributed by atoms with Crippen LogP contribution in [0.2, 0.25) is 10.0 Å². The first-order chi connectivity index (χ1) is 9.29. The molecule has 1 heterocycles. The standard InChI is InChI=1S/C13H14Cl2N4O/c1-13(2,3)10-11(20)17-12(19-18-10)16-8-6-4-5-7(14)9(8)15/h4-6H,1-3H3,(H2,16,17,19,20). The molecule has 0 saturated carbocycles. The van der Waals surface area contributed by atoms with Crippen molar-refractivity contribution in [2.45, 2.75) is 26.2 Å². The van der Waals surface area contributed by atoms with Crippen molar-refractivity contribution in [2.24, 2.45) is 0 Å². The number of aromatic amines is 1. The van der Waals surface area contributed by atoms with Gasteiger partial charge in [0.15, 0.2) is 0 Å². The van der Waals surface area contributed by atoms with Crippen LogP contribution >= 0.6 is 23.2 Å². The molecule has 20 heavy (non-hydrogen) atoms. The maximum absolute atomic E-state index is 12.0. The van der Waals surface area contributed by atoms with E-state index < -0.39 is 0 Å². The van der Waals surface area contributed by atoms with Gasteiger partial charge in [0, 0.05) is 5.41 Å². The molecule has 0 unspecified atom stereocenters. The molecule has 1 aromatic carbocycles. The van der Waals surface area contributed by atoms with Crippen LogP contribution in [-0.4, -0.2) is 15.2 Å². The summed E-state index contributed by atoms with van der Waals surface area (Å²) in [6.07, 6.45) is 0. The zero-order chi connectivity index (χ0) is 14.9. The number of nitrogens with one attached hydrogen (secondary N) is 2. The predicted octanol–water partition coefficient (Wildman–Crippen LogP) is 3.51. The van der Waals surface area contributed by atoms with E-state index in [0.717, 1.165) is 0 Å². The molecule has 5 nitrogen and oxygen atoms in total. The lowest BCUT2D eigenvalue weighted by molar-refractivity contribution is 0.547. The average Bonchev–Trinajstić information content (AvgIpc) is 2.33. The largest absolute Gasteiger partial charge is 0.323 e. The van der Waals surface area contributed by atoms with Crippen LogP contribution in [-0.2, 0) is 5.41 Å². The Morgan fingerprint density at radius 1 is 1.20 bits per heavy atom. The van der Waals surface area contributed by atoms with Gasteiger partial charge in [0.25, 0.3) is 5.56 Å². The van der Waals surface area contributed by atoms with Crippen LogP contribution in [0.3, 0.4) is 0 Å². The third-order valence-corrected chi connectivity index (χ3v) is 3.43. The number of halogens is 2. The van der Waals surface area contributed by atoms with E-state index in [2.05, 4.69) is 20.5 Å². The van der Waals surface area contributed by atoms with Gasteiger partial charge in [0.1, 0.15) is 5.69 Å². The predicted molar refractivity (Wildman–Crippen MR) is 81.1 cm³/mol. The van der Waals surface area contributed by atoms with Gasteiger partial charge in [-0.05, 0) is 12.1 Å². The number of nitrogens with zero attached hydrogens (tertiary/aromatic N) is 2. The molecule has 0 aliphatic carbocycles. The van der Waals surface area contributed by atoms with Crippen molar-refractivity contribution >= 4 is 34.8 Å². The summed E-state index contributed by atoms with van der Waals surface area (Å²) in [5.74, 6) is 0.215. The summed E-state index contributed by atoms with van der Waals surface area (Å²) in [6.45, 7) is 5.69. The van der Waals surface area contributed by atoms with Crippen LogP contribution in [0.1, 0.15) is 26.5 Å². The molecule has 0 aliphatic rings. The minimum atomic E-state index is -0.368. The third kappa shape index (κ3) is 3.11. The first-order valence-electron chi connectivity index (χ1n) is 5.97. The summed E-state index contributed by atoms with van der Waals surface area (Å²) >= 11 is 12.0. The first kappa shape index (κ1) is 14.8. The van der Waals surface area contributed by atoms with Gasteiger partial charge in [0.2, 0.25) is 5.95 Å². The van der Waals surface area contributed by atoms with Gasteiger partial charge in [0.05, 0.1) is 15.7 Å². The molecular formula is C13H14Cl2N4O. The summed E-state index contributed by atoms with van der Waals surface area (Å²) in [4.78, 5) is 14.6. The second-order valence-corrected chi connectivity index (χ2v) is 6.11. The summed E-state index contributed by atoms with van der Waals surface area (Å²) in [5.41, 5.74) is 0.272. The molecule has 2 aromatic rings. The Morgan fingerprint density at radius 3 is 2.50 bits per heavy atom. The highest BCUT2D eigenvalue weighted by Gasteiger charge is 2.20. The zero-order valence-corrected chi connectivity index (χ0v) is 12.8. The van der Waals surface area contributed by atoms with Crippen molar-refractivity contribution in [1.29, 1.82) is 0 Å². The Morgan fingerprint density at radius 2 is 1.90 bits per heavy atom. The van der Waals surface area contributed by atoms with Gasteiger partial charge in [-0.15, -0.1) is 10.2 Å². The molecule has 2 N–H and O–H groups in total. The molecule has 0 fully saturated rings. The van der Waals surface area contributed by atoms with Crippen LogP contribution < -0.4 is 10.9 Å². The third-order valence-electron chi connectivity index (χ3n) is 2.61. The zero-order valence-electron chi connectivity index (χ0n) is 11.3. The van der Waals surface area contributed by atoms with Crippen LogP contribution in [0.4, 0.5) is 11.6 Å². The number of anilines is 2. The lowest BCUT2D eigenvalue weighted by Crippen LogP contribution is -2.28. The highest BCUT2D eigenvalue weighted by Crippen LogP contribution is 2.30. The van der Waals surface area contributed by atoms with Crippen molar-refractivity contribution in [3.8, 4) is 0 Å². The number of rotatable bonds is 2. The molecule has 0 amide bonds. The molecule has 0 bridgehead atoms. The van der Waals surface area contributed by atoms with Gasteiger partial charge in [-0.2, -0.15) is 0 Å². The second-order valence-electron chi connectivity index (χ2n) is 5.33. The SMILES string of the molecule is CC(C)(C)c1nnc(Nc2cccc(Cl)c2Cl)[nH]c1=O. The van der Waals surface area contributed by atoms with E-state index in [0.29, 0.717) is 21.4 Å². The molecule has 0 spiro atoms. The fourth-order valence-corrected chi connectivity index (χ4v) is 1.96. The fraction of sp³-hybridized carbons (Fsp3) is 0.308. The second kappa shape index (κ2) is 5.42. The minimum absolute atomic E-state index is 0.215. The summed E-state index contributed by atoms with van der Waals surface area (Å²) < 4.78 is 0. The molecule has 7 heteroatoms. The molecule has 106 valence electrons. The fourth-order valence-electron chi connectivity index (χ4n) is 1.61. The van der Waals surface area contributed by atoms with E-state index in [9.17, 15) is 4.79 Å². The van der Waals surface area contributed by atoms with E-state index in [1.807, 2.05) is 20.8 Å². The summed E-state index contributed by atoms with van der Waals surface area (Å²) in [5, 5.41) is 11.6. The smallest absolute Gasteiger partial charge is 0.274 e.